The summed E-state index contributed by atoms with van der Waals surface area (Å²) in [5, 5.41) is 12.4. The lowest BCUT2D eigenvalue weighted by Gasteiger charge is -2.11. The summed E-state index contributed by atoms with van der Waals surface area (Å²) in [6, 6.07) is -0.848. The van der Waals surface area contributed by atoms with Crippen LogP contribution in [-0.4, -0.2) is 49.0 Å². The number of rotatable bonds is 4. The third kappa shape index (κ3) is 4.55. The van der Waals surface area contributed by atoms with Gasteiger partial charge in [-0.1, -0.05) is 0 Å². The number of hydrogen-bond acceptors (Lipinski definition) is 5. The van der Waals surface area contributed by atoms with E-state index in [4.69, 9.17) is 5.11 Å². The van der Waals surface area contributed by atoms with Gasteiger partial charge in [0.2, 0.25) is 0 Å². The fourth-order valence-corrected chi connectivity index (χ4v) is 3.63. The van der Waals surface area contributed by atoms with E-state index >= 15 is 0 Å². The van der Waals surface area contributed by atoms with Gasteiger partial charge in [-0.05, 0) is 26.7 Å². The Morgan fingerprint density at radius 3 is 2.29 bits per heavy atom. The molecule has 0 radical (unpaired) electrons. The van der Waals surface area contributed by atoms with Gasteiger partial charge in [-0.25, -0.2) is 18.0 Å². The summed E-state index contributed by atoms with van der Waals surface area (Å²) in [5.41, 5.74) is -0.259. The summed E-state index contributed by atoms with van der Waals surface area (Å²) in [6.07, 6.45) is 1.04. The third-order valence-electron chi connectivity index (χ3n) is 3.40. The van der Waals surface area contributed by atoms with Gasteiger partial charge in [0.25, 0.3) is 5.91 Å². The van der Waals surface area contributed by atoms with Crippen molar-refractivity contribution < 1.29 is 27.9 Å². The van der Waals surface area contributed by atoms with Crippen LogP contribution in [0.1, 0.15) is 26.7 Å². The average Bonchev–Trinajstić information content (AvgIpc) is 2.73. The topological polar surface area (TPSA) is 130 Å². The fraction of sp³-hybridized carbons (Fsp3) is 0.583. The van der Waals surface area contributed by atoms with Crippen molar-refractivity contribution in [2.45, 2.75) is 31.9 Å². The predicted molar refractivity (Wildman–Crippen MR) is 74.4 cm³/mol. The van der Waals surface area contributed by atoms with Crippen LogP contribution in [0.25, 0.3) is 0 Å². The van der Waals surface area contributed by atoms with Crippen LogP contribution < -0.4 is 10.6 Å². The van der Waals surface area contributed by atoms with Crippen LogP contribution in [0.5, 0.6) is 0 Å². The van der Waals surface area contributed by atoms with Gasteiger partial charge in [0.05, 0.1) is 11.0 Å². The highest BCUT2D eigenvalue weighted by atomic mass is 32.2. The summed E-state index contributed by atoms with van der Waals surface area (Å²) in [5.74, 6) is -1.97. The number of urea groups is 1. The first-order chi connectivity index (χ1) is 9.65. The quantitative estimate of drug-likeness (QED) is 0.616. The van der Waals surface area contributed by atoms with Crippen molar-refractivity contribution in [3.8, 4) is 0 Å². The van der Waals surface area contributed by atoms with Crippen molar-refractivity contribution in [3.63, 3.8) is 0 Å². The van der Waals surface area contributed by atoms with E-state index < -0.39 is 33.0 Å². The largest absolute Gasteiger partial charge is 0.478 e. The molecule has 1 aliphatic heterocycles. The molecule has 1 heterocycles. The Morgan fingerprint density at radius 2 is 1.81 bits per heavy atom. The first-order valence-corrected chi connectivity index (χ1v) is 8.08. The van der Waals surface area contributed by atoms with Gasteiger partial charge in [-0.3, -0.25) is 10.1 Å². The Balaban J connectivity index is 2.53. The maximum Gasteiger partial charge on any atom is 0.331 e. The molecule has 8 nitrogen and oxygen atoms in total. The van der Waals surface area contributed by atoms with Gasteiger partial charge in [0, 0.05) is 17.7 Å². The normalized spacial score (nSPS) is 21.3. The van der Waals surface area contributed by atoms with Crippen LogP contribution in [0.4, 0.5) is 4.79 Å². The molecule has 1 aliphatic rings. The second-order valence-corrected chi connectivity index (χ2v) is 7.25. The predicted octanol–water partition coefficient (Wildman–Crippen LogP) is -0.190. The van der Waals surface area contributed by atoms with Crippen molar-refractivity contribution in [3.05, 3.63) is 11.1 Å². The summed E-state index contributed by atoms with van der Waals surface area (Å²) in [7, 11) is -3.17. The van der Waals surface area contributed by atoms with Crippen molar-refractivity contribution in [1.82, 2.24) is 10.6 Å². The zero-order chi connectivity index (χ0) is 16.2. The van der Waals surface area contributed by atoms with Crippen molar-refractivity contribution in [2.75, 3.05) is 12.3 Å². The number of carbonyl (C=O) groups is 3. The van der Waals surface area contributed by atoms with E-state index in [0.717, 1.165) is 0 Å². The molecule has 0 bridgehead atoms. The van der Waals surface area contributed by atoms with Gasteiger partial charge in [0.1, 0.15) is 0 Å². The lowest BCUT2D eigenvalue weighted by atomic mass is 10.1. The van der Waals surface area contributed by atoms with E-state index in [1.54, 1.807) is 0 Å². The molecule has 0 aromatic carbocycles. The van der Waals surface area contributed by atoms with Crippen LogP contribution in [0.2, 0.25) is 0 Å². The van der Waals surface area contributed by atoms with Crippen LogP contribution in [0, 0.1) is 0 Å². The number of carboxylic acid groups (broad SMARTS) is 1. The second kappa shape index (κ2) is 6.70. The lowest BCUT2D eigenvalue weighted by Crippen LogP contribution is -2.43. The number of amides is 3. The molecule has 1 saturated heterocycles. The van der Waals surface area contributed by atoms with E-state index in [1.165, 1.54) is 13.8 Å². The number of hydrogen-bond donors (Lipinski definition) is 3. The summed E-state index contributed by atoms with van der Waals surface area (Å²) in [6.45, 7) is 2.47. The van der Waals surface area contributed by atoms with Crippen LogP contribution >= 0.6 is 0 Å². The smallest absolute Gasteiger partial charge is 0.331 e. The number of carboxylic acids is 1. The molecule has 1 atom stereocenters. The fourth-order valence-electron chi connectivity index (χ4n) is 1.87. The number of imide groups is 1. The average molecular weight is 318 g/mol. The highest BCUT2D eigenvalue weighted by Crippen LogP contribution is 2.18. The highest BCUT2D eigenvalue weighted by molar-refractivity contribution is 7.92. The third-order valence-corrected chi connectivity index (χ3v) is 5.68. The van der Waals surface area contributed by atoms with Gasteiger partial charge >= 0.3 is 12.0 Å². The highest BCUT2D eigenvalue weighted by Gasteiger charge is 2.31. The van der Waals surface area contributed by atoms with Crippen LogP contribution in [0.15, 0.2) is 11.1 Å². The Hall–Kier alpha value is -1.90. The molecule has 0 saturated carbocycles. The van der Waals surface area contributed by atoms with Crippen LogP contribution in [-0.2, 0) is 19.4 Å². The maximum absolute atomic E-state index is 11.6. The molecule has 0 aromatic rings. The number of nitrogens with one attached hydrogen (secondary N) is 2. The molecule has 0 spiro atoms. The molecule has 9 heteroatoms. The molecular formula is C12H18N2O6S. The molecule has 1 rings (SSSR count). The molecule has 0 aromatic heterocycles. The van der Waals surface area contributed by atoms with Crippen molar-refractivity contribution in [2.24, 2.45) is 0 Å². The summed E-state index contributed by atoms with van der Waals surface area (Å²) >= 11 is 0. The summed E-state index contributed by atoms with van der Waals surface area (Å²) < 4.78 is 23.1. The van der Waals surface area contributed by atoms with Crippen molar-refractivity contribution >= 4 is 27.7 Å². The van der Waals surface area contributed by atoms with E-state index in [1.807, 2.05) is 5.32 Å². The van der Waals surface area contributed by atoms with E-state index in [2.05, 4.69) is 5.32 Å². The Bertz CT molecular complexity index is 593. The first kappa shape index (κ1) is 17.2. The maximum atomic E-state index is 11.6. The van der Waals surface area contributed by atoms with Gasteiger partial charge in [-0.15, -0.1) is 0 Å². The minimum atomic E-state index is -3.17. The molecular weight excluding hydrogens is 300 g/mol. The Morgan fingerprint density at radius 1 is 1.19 bits per heavy atom. The molecule has 1 unspecified atom stereocenters. The standard InChI is InChI=1S/C12H18N2O6S/c1-7(8(2)11(16)17)10(15)14-12(18)13-6-9-4-3-5-21(9,19)20/h9H,3-6H2,1-2H3,(H,16,17)(H2,13,14,15,18). The monoisotopic (exact) mass is 318 g/mol. The molecule has 3 N–H and O–H groups in total. The Kier molecular flexibility index (Phi) is 5.47. The molecule has 118 valence electrons. The molecule has 3 amide bonds. The van der Waals surface area contributed by atoms with Gasteiger partial charge < -0.3 is 10.4 Å². The summed E-state index contributed by atoms with van der Waals surface area (Å²) in [4.78, 5) is 33.8. The SMILES string of the molecule is CC(C(=O)O)=C(C)C(=O)NC(=O)NCC1CCCS1(=O)=O. The Labute approximate surface area is 122 Å². The number of aliphatic carboxylic acids is 1. The molecule has 21 heavy (non-hydrogen) atoms. The molecule has 0 aliphatic carbocycles. The minimum absolute atomic E-state index is 0.0673. The second-order valence-electron chi connectivity index (χ2n) is 4.85. The minimum Gasteiger partial charge on any atom is -0.478 e. The zero-order valence-electron chi connectivity index (χ0n) is 11.8. The van der Waals surface area contributed by atoms with Gasteiger partial charge in [-0.2, -0.15) is 0 Å². The zero-order valence-corrected chi connectivity index (χ0v) is 12.6. The van der Waals surface area contributed by atoms with Gasteiger partial charge in [0.15, 0.2) is 9.84 Å². The van der Waals surface area contributed by atoms with Crippen LogP contribution in [0.3, 0.4) is 0 Å². The van der Waals surface area contributed by atoms with E-state index in [0.29, 0.717) is 12.8 Å². The number of carbonyl (C=O) groups excluding carboxylic acids is 2. The molecule has 1 fully saturated rings. The lowest BCUT2D eigenvalue weighted by molar-refractivity contribution is -0.133. The van der Waals surface area contributed by atoms with Crippen molar-refractivity contribution in [1.29, 1.82) is 0 Å². The first-order valence-electron chi connectivity index (χ1n) is 6.36. The van der Waals surface area contributed by atoms with E-state index in [-0.39, 0.29) is 23.4 Å². The van der Waals surface area contributed by atoms with E-state index in [9.17, 15) is 22.8 Å². The number of sulfone groups is 1.